The van der Waals surface area contributed by atoms with Crippen LogP contribution in [-0.2, 0) is 0 Å². The van der Waals surface area contributed by atoms with Crippen molar-refractivity contribution in [3.63, 3.8) is 0 Å². The Morgan fingerprint density at radius 1 is 1.59 bits per heavy atom. The van der Waals surface area contributed by atoms with Crippen molar-refractivity contribution in [3.05, 3.63) is 28.0 Å². The SMILES string of the molecule is N#Cc1ccc(OCC2CCCN2)c(F)c1Br. The number of nitriles is 1. The molecule has 0 aliphatic carbocycles. The molecule has 0 amide bonds. The second-order valence-electron chi connectivity index (χ2n) is 3.96. The zero-order valence-corrected chi connectivity index (χ0v) is 10.8. The highest BCUT2D eigenvalue weighted by Crippen LogP contribution is 2.28. The van der Waals surface area contributed by atoms with E-state index in [-0.39, 0.29) is 15.8 Å². The predicted octanol–water partition coefficient (Wildman–Crippen LogP) is 2.59. The number of benzene rings is 1. The highest BCUT2D eigenvalue weighted by atomic mass is 79.9. The minimum Gasteiger partial charge on any atom is -0.489 e. The van der Waals surface area contributed by atoms with Crippen LogP contribution < -0.4 is 10.1 Å². The lowest BCUT2D eigenvalue weighted by Gasteiger charge is -2.13. The first kappa shape index (κ1) is 12.3. The Bertz CT molecular complexity index is 453. The molecule has 1 fully saturated rings. The number of halogens is 2. The van der Waals surface area contributed by atoms with Crippen LogP contribution in [0.2, 0.25) is 0 Å². The third kappa shape index (κ3) is 2.76. The molecule has 1 saturated heterocycles. The van der Waals surface area contributed by atoms with Gasteiger partial charge in [0.2, 0.25) is 0 Å². The minimum atomic E-state index is -0.512. The zero-order chi connectivity index (χ0) is 12.3. The number of ether oxygens (including phenoxy) is 1. The maximum Gasteiger partial charge on any atom is 0.180 e. The maximum absolute atomic E-state index is 13.8. The van der Waals surface area contributed by atoms with E-state index in [0.717, 1.165) is 19.4 Å². The van der Waals surface area contributed by atoms with Gasteiger partial charge in [-0.25, -0.2) is 4.39 Å². The molecule has 3 nitrogen and oxygen atoms in total. The molecule has 5 heteroatoms. The summed E-state index contributed by atoms with van der Waals surface area (Å²) >= 11 is 3.05. The molecule has 90 valence electrons. The molecular formula is C12H12BrFN2O. The zero-order valence-electron chi connectivity index (χ0n) is 9.17. The quantitative estimate of drug-likeness (QED) is 0.933. The largest absolute Gasteiger partial charge is 0.489 e. The summed E-state index contributed by atoms with van der Waals surface area (Å²) in [5, 5.41) is 12.0. The van der Waals surface area contributed by atoms with Gasteiger partial charge in [-0.3, -0.25) is 0 Å². The molecule has 1 unspecified atom stereocenters. The number of nitrogens with one attached hydrogen (secondary N) is 1. The van der Waals surface area contributed by atoms with Crippen LogP contribution in [0.5, 0.6) is 5.75 Å². The van der Waals surface area contributed by atoms with E-state index in [9.17, 15) is 4.39 Å². The van der Waals surface area contributed by atoms with Gasteiger partial charge in [-0.2, -0.15) is 5.26 Å². The van der Waals surface area contributed by atoms with Crippen LogP contribution in [-0.4, -0.2) is 19.2 Å². The topological polar surface area (TPSA) is 45.0 Å². The third-order valence-electron chi connectivity index (χ3n) is 2.77. The molecule has 1 aromatic carbocycles. The fraction of sp³-hybridized carbons (Fsp3) is 0.417. The van der Waals surface area contributed by atoms with Crippen LogP contribution in [0.1, 0.15) is 18.4 Å². The molecule has 1 heterocycles. The molecule has 1 atom stereocenters. The van der Waals surface area contributed by atoms with Gasteiger partial charge in [-0.15, -0.1) is 0 Å². The van der Waals surface area contributed by atoms with Crippen LogP contribution in [0.3, 0.4) is 0 Å². The van der Waals surface area contributed by atoms with Gasteiger partial charge in [-0.1, -0.05) is 0 Å². The Morgan fingerprint density at radius 2 is 2.41 bits per heavy atom. The van der Waals surface area contributed by atoms with E-state index in [0.29, 0.717) is 12.6 Å². The summed E-state index contributed by atoms with van der Waals surface area (Å²) in [7, 11) is 0. The van der Waals surface area contributed by atoms with E-state index in [2.05, 4.69) is 21.2 Å². The van der Waals surface area contributed by atoms with Crippen LogP contribution in [0.25, 0.3) is 0 Å². The highest BCUT2D eigenvalue weighted by molar-refractivity contribution is 9.10. The van der Waals surface area contributed by atoms with E-state index in [1.54, 1.807) is 6.07 Å². The van der Waals surface area contributed by atoms with Gasteiger partial charge in [0.15, 0.2) is 11.6 Å². The molecule has 1 aliphatic rings. The Kier molecular flexibility index (Phi) is 3.97. The van der Waals surface area contributed by atoms with Gasteiger partial charge in [0, 0.05) is 6.04 Å². The first-order valence-corrected chi connectivity index (χ1v) is 6.26. The second kappa shape index (κ2) is 5.48. The average molecular weight is 299 g/mol. The summed E-state index contributed by atoms with van der Waals surface area (Å²) < 4.78 is 19.4. The Labute approximate surface area is 108 Å². The van der Waals surface area contributed by atoms with E-state index in [1.165, 1.54) is 6.07 Å². The van der Waals surface area contributed by atoms with E-state index in [4.69, 9.17) is 10.00 Å². The molecule has 0 aromatic heterocycles. The van der Waals surface area contributed by atoms with Crippen molar-refractivity contribution < 1.29 is 9.13 Å². The third-order valence-corrected chi connectivity index (χ3v) is 3.55. The molecule has 1 aliphatic heterocycles. The summed E-state index contributed by atoms with van der Waals surface area (Å²) in [5.41, 5.74) is 0.272. The lowest BCUT2D eigenvalue weighted by Crippen LogP contribution is -2.28. The maximum atomic E-state index is 13.8. The molecule has 1 aromatic rings. The fourth-order valence-electron chi connectivity index (χ4n) is 1.82. The lowest BCUT2D eigenvalue weighted by atomic mass is 10.2. The van der Waals surface area contributed by atoms with Crippen LogP contribution in [0, 0.1) is 17.1 Å². The Hall–Kier alpha value is -1.12. The molecule has 0 spiro atoms. The second-order valence-corrected chi connectivity index (χ2v) is 4.75. The van der Waals surface area contributed by atoms with Gasteiger partial charge in [0.1, 0.15) is 12.7 Å². The van der Waals surface area contributed by atoms with Crippen molar-refractivity contribution in [1.29, 1.82) is 5.26 Å². The summed E-state index contributed by atoms with van der Waals surface area (Å²) in [6, 6.07) is 5.24. The summed E-state index contributed by atoms with van der Waals surface area (Å²) in [4.78, 5) is 0. The van der Waals surface area contributed by atoms with Crippen molar-refractivity contribution >= 4 is 15.9 Å². The number of hydrogen-bond acceptors (Lipinski definition) is 3. The minimum absolute atomic E-state index is 0.164. The number of nitrogens with zero attached hydrogens (tertiary/aromatic N) is 1. The van der Waals surface area contributed by atoms with Gasteiger partial charge in [0.25, 0.3) is 0 Å². The Balaban J connectivity index is 2.06. The standard InChI is InChI=1S/C12H12BrFN2O/c13-11-8(6-15)3-4-10(12(11)14)17-7-9-2-1-5-16-9/h3-4,9,16H,1-2,5,7H2. The molecular weight excluding hydrogens is 287 g/mol. The highest BCUT2D eigenvalue weighted by Gasteiger charge is 2.17. The van der Waals surface area contributed by atoms with Crippen LogP contribution >= 0.6 is 15.9 Å². The monoisotopic (exact) mass is 298 g/mol. The molecule has 0 saturated carbocycles. The molecule has 2 rings (SSSR count). The molecule has 1 N–H and O–H groups in total. The normalized spacial score (nSPS) is 19.0. The average Bonchev–Trinajstić information content (AvgIpc) is 2.84. The summed E-state index contributed by atoms with van der Waals surface area (Å²) in [6.07, 6.45) is 2.19. The molecule has 17 heavy (non-hydrogen) atoms. The van der Waals surface area contributed by atoms with Crippen LogP contribution in [0.15, 0.2) is 16.6 Å². The smallest absolute Gasteiger partial charge is 0.180 e. The van der Waals surface area contributed by atoms with Crippen LogP contribution in [0.4, 0.5) is 4.39 Å². The van der Waals surface area contributed by atoms with Crippen molar-refractivity contribution in [2.45, 2.75) is 18.9 Å². The fourth-order valence-corrected chi connectivity index (χ4v) is 2.24. The van der Waals surface area contributed by atoms with Crippen molar-refractivity contribution in [3.8, 4) is 11.8 Å². The van der Waals surface area contributed by atoms with E-state index in [1.807, 2.05) is 6.07 Å². The Morgan fingerprint density at radius 3 is 3.06 bits per heavy atom. The lowest BCUT2D eigenvalue weighted by molar-refractivity contribution is 0.265. The van der Waals surface area contributed by atoms with Crippen molar-refractivity contribution in [1.82, 2.24) is 5.32 Å². The molecule has 0 radical (unpaired) electrons. The summed E-state index contributed by atoms with van der Waals surface area (Å²) in [5.74, 6) is -0.327. The first-order valence-electron chi connectivity index (χ1n) is 5.46. The number of hydrogen-bond donors (Lipinski definition) is 1. The van der Waals surface area contributed by atoms with Gasteiger partial charge >= 0.3 is 0 Å². The van der Waals surface area contributed by atoms with E-state index < -0.39 is 5.82 Å². The van der Waals surface area contributed by atoms with Gasteiger partial charge < -0.3 is 10.1 Å². The summed E-state index contributed by atoms with van der Waals surface area (Å²) in [6.45, 7) is 1.45. The molecule has 0 bridgehead atoms. The first-order chi connectivity index (χ1) is 8.22. The van der Waals surface area contributed by atoms with Crippen molar-refractivity contribution in [2.75, 3.05) is 13.2 Å². The van der Waals surface area contributed by atoms with Gasteiger partial charge in [0.05, 0.1) is 10.0 Å². The van der Waals surface area contributed by atoms with Crippen molar-refractivity contribution in [2.24, 2.45) is 0 Å². The van der Waals surface area contributed by atoms with E-state index >= 15 is 0 Å². The van der Waals surface area contributed by atoms with Gasteiger partial charge in [-0.05, 0) is 47.4 Å². The number of rotatable bonds is 3. The predicted molar refractivity (Wildman–Crippen MR) is 65.3 cm³/mol.